The Morgan fingerprint density at radius 2 is 1.74 bits per heavy atom. The summed E-state index contributed by atoms with van der Waals surface area (Å²) < 4.78 is 5.33. The first kappa shape index (κ1) is 13.6. The van der Waals surface area contributed by atoms with Crippen molar-refractivity contribution in [2.75, 3.05) is 12.0 Å². The predicted octanol–water partition coefficient (Wildman–Crippen LogP) is 3.05. The van der Waals surface area contributed by atoms with Gasteiger partial charge in [-0.25, -0.2) is 4.90 Å². The van der Waals surface area contributed by atoms with Crippen molar-refractivity contribution in [2.45, 2.75) is 12.8 Å². The number of methoxy groups -OCH3 is 1. The molecule has 4 nitrogen and oxygen atoms in total. The summed E-state index contributed by atoms with van der Waals surface area (Å²) in [4.78, 5) is 27.4. The minimum Gasteiger partial charge on any atom is -0.495 e. The monoisotopic (exact) mass is 329 g/mol. The normalized spacial score (nSPS) is 35.3. The van der Waals surface area contributed by atoms with Crippen molar-refractivity contribution in [1.82, 2.24) is 0 Å². The molecule has 1 aromatic carbocycles. The zero-order valence-corrected chi connectivity index (χ0v) is 13.4. The predicted molar refractivity (Wildman–Crippen MR) is 85.3 cm³/mol. The fraction of sp³-hybridized carbons (Fsp3) is 0.444. The quantitative estimate of drug-likeness (QED) is 0.619. The molecule has 0 radical (unpaired) electrons. The fourth-order valence-electron chi connectivity index (χ4n) is 5.15. The summed E-state index contributed by atoms with van der Waals surface area (Å²) in [5, 5.41) is 0.484. The first-order valence-electron chi connectivity index (χ1n) is 7.98. The van der Waals surface area contributed by atoms with Crippen LogP contribution >= 0.6 is 11.6 Å². The third kappa shape index (κ3) is 1.48. The number of hydrogen-bond acceptors (Lipinski definition) is 3. The van der Waals surface area contributed by atoms with E-state index in [9.17, 15) is 9.59 Å². The fourth-order valence-corrected chi connectivity index (χ4v) is 5.32. The number of carbonyl (C=O) groups is 2. The first-order chi connectivity index (χ1) is 11.1. The number of hydrogen-bond donors (Lipinski definition) is 0. The Kier molecular flexibility index (Phi) is 2.47. The lowest BCUT2D eigenvalue weighted by atomic mass is 9.85. The Labute approximate surface area is 139 Å². The molecule has 4 aliphatic rings. The third-order valence-electron chi connectivity index (χ3n) is 6.23. The van der Waals surface area contributed by atoms with Crippen LogP contribution in [0.1, 0.15) is 12.8 Å². The lowest BCUT2D eigenvalue weighted by Gasteiger charge is -2.23. The molecule has 23 heavy (non-hydrogen) atoms. The van der Waals surface area contributed by atoms with Gasteiger partial charge in [0.1, 0.15) is 5.75 Å². The molecule has 3 aliphatic carbocycles. The molecule has 1 spiro atoms. The number of rotatable bonds is 2. The van der Waals surface area contributed by atoms with E-state index in [-0.39, 0.29) is 40.9 Å². The summed E-state index contributed by atoms with van der Waals surface area (Å²) in [7, 11) is 1.53. The number of halogens is 1. The highest BCUT2D eigenvalue weighted by molar-refractivity contribution is 6.31. The Bertz CT molecular complexity index is 748. The van der Waals surface area contributed by atoms with Gasteiger partial charge in [-0.15, -0.1) is 0 Å². The molecule has 1 aromatic rings. The highest BCUT2D eigenvalue weighted by atomic mass is 35.5. The van der Waals surface area contributed by atoms with Gasteiger partial charge in [0.25, 0.3) is 0 Å². The van der Waals surface area contributed by atoms with Crippen molar-refractivity contribution < 1.29 is 14.3 Å². The van der Waals surface area contributed by atoms with Crippen LogP contribution in [-0.4, -0.2) is 18.9 Å². The molecule has 3 fully saturated rings. The standard InChI is InChI=1S/C18H16ClNO3/c1-23-13-5-2-9(19)8-12(13)20-16(21)14-10-3-4-11(15(14)17(20)22)18(10)6-7-18/h2-5,8,10-11,14-15H,6-7H2,1H3/t10-,11-,14-,15+/m0/s1. The van der Waals surface area contributed by atoms with Crippen molar-refractivity contribution in [3.8, 4) is 5.75 Å². The second-order valence-corrected chi connectivity index (χ2v) is 7.49. The summed E-state index contributed by atoms with van der Waals surface area (Å²) in [6.07, 6.45) is 6.62. The summed E-state index contributed by atoms with van der Waals surface area (Å²) in [6.45, 7) is 0. The minimum absolute atomic E-state index is 0.0938. The van der Waals surface area contributed by atoms with Crippen LogP contribution in [0.3, 0.4) is 0 Å². The molecule has 0 unspecified atom stereocenters. The van der Waals surface area contributed by atoms with Crippen molar-refractivity contribution in [1.29, 1.82) is 0 Å². The number of imide groups is 1. The summed E-state index contributed by atoms with van der Waals surface area (Å²) in [5.74, 6) is 0.352. The van der Waals surface area contributed by atoms with Crippen molar-refractivity contribution in [3.63, 3.8) is 0 Å². The summed E-state index contributed by atoms with van der Waals surface area (Å²) >= 11 is 6.08. The maximum atomic E-state index is 13.1. The summed E-state index contributed by atoms with van der Waals surface area (Å²) in [6, 6.07) is 5.03. The molecule has 5 heteroatoms. The molecule has 0 N–H and O–H groups in total. The van der Waals surface area contributed by atoms with E-state index >= 15 is 0 Å². The zero-order valence-electron chi connectivity index (χ0n) is 12.7. The van der Waals surface area contributed by atoms with Gasteiger partial charge in [-0.2, -0.15) is 0 Å². The molecule has 118 valence electrons. The number of ether oxygens (including phenoxy) is 1. The van der Waals surface area contributed by atoms with Gasteiger partial charge in [0.2, 0.25) is 11.8 Å². The Morgan fingerprint density at radius 1 is 1.13 bits per heavy atom. The van der Waals surface area contributed by atoms with E-state index in [1.165, 1.54) is 12.0 Å². The van der Waals surface area contributed by atoms with E-state index in [4.69, 9.17) is 16.3 Å². The van der Waals surface area contributed by atoms with Crippen LogP contribution in [0.25, 0.3) is 0 Å². The van der Waals surface area contributed by atoms with Crippen molar-refractivity contribution in [2.24, 2.45) is 29.1 Å². The minimum atomic E-state index is -0.205. The van der Waals surface area contributed by atoms with E-state index in [2.05, 4.69) is 12.2 Å². The number of nitrogens with zero attached hydrogens (tertiary/aromatic N) is 1. The maximum Gasteiger partial charge on any atom is 0.238 e. The Balaban J connectivity index is 1.60. The van der Waals surface area contributed by atoms with Gasteiger partial charge in [0.05, 0.1) is 24.6 Å². The lowest BCUT2D eigenvalue weighted by molar-refractivity contribution is -0.123. The molecule has 1 aliphatic heterocycles. The van der Waals surface area contributed by atoms with Gasteiger partial charge in [0.15, 0.2) is 0 Å². The van der Waals surface area contributed by atoms with Crippen molar-refractivity contribution in [3.05, 3.63) is 35.4 Å². The van der Waals surface area contributed by atoms with Crippen LogP contribution in [0.5, 0.6) is 5.75 Å². The smallest absolute Gasteiger partial charge is 0.238 e. The van der Waals surface area contributed by atoms with Crippen LogP contribution in [0, 0.1) is 29.1 Å². The molecular formula is C18H16ClNO3. The average Bonchev–Trinajstić information content (AvgIpc) is 3.13. The van der Waals surface area contributed by atoms with Crippen LogP contribution in [-0.2, 0) is 9.59 Å². The molecule has 2 amide bonds. The van der Waals surface area contributed by atoms with E-state index in [0.717, 1.165) is 12.8 Å². The van der Waals surface area contributed by atoms with Crippen LogP contribution < -0.4 is 9.64 Å². The SMILES string of the molecule is COc1ccc(Cl)cc1N1C(=O)[C@@H]2[C@H](C1=O)[C@@H]1C=C[C@@H]2C12CC2. The topological polar surface area (TPSA) is 46.6 Å². The first-order valence-corrected chi connectivity index (χ1v) is 8.36. The second-order valence-electron chi connectivity index (χ2n) is 7.05. The Morgan fingerprint density at radius 3 is 2.26 bits per heavy atom. The molecule has 2 saturated carbocycles. The molecular weight excluding hydrogens is 314 g/mol. The van der Waals surface area contributed by atoms with Crippen LogP contribution in [0.15, 0.2) is 30.4 Å². The number of amides is 2. The zero-order chi connectivity index (χ0) is 15.9. The van der Waals surface area contributed by atoms with E-state index in [1.807, 2.05) is 0 Å². The number of fused-ring (bicyclic) bond motifs is 3. The molecule has 5 rings (SSSR count). The molecule has 1 saturated heterocycles. The molecule has 4 atom stereocenters. The maximum absolute atomic E-state index is 13.1. The highest BCUT2D eigenvalue weighted by Crippen LogP contribution is 2.73. The number of allylic oxidation sites excluding steroid dienone is 2. The Hall–Kier alpha value is -1.81. The van der Waals surface area contributed by atoms with Gasteiger partial charge >= 0.3 is 0 Å². The molecule has 1 heterocycles. The number of anilines is 1. The van der Waals surface area contributed by atoms with Crippen LogP contribution in [0.4, 0.5) is 5.69 Å². The van der Waals surface area contributed by atoms with Gasteiger partial charge in [-0.1, -0.05) is 23.8 Å². The van der Waals surface area contributed by atoms with E-state index in [1.54, 1.807) is 18.2 Å². The number of carbonyl (C=O) groups excluding carboxylic acids is 2. The van der Waals surface area contributed by atoms with Gasteiger partial charge < -0.3 is 4.74 Å². The second kappa shape index (κ2) is 4.18. The van der Waals surface area contributed by atoms with Crippen molar-refractivity contribution >= 4 is 29.1 Å². The van der Waals surface area contributed by atoms with Gasteiger partial charge in [-0.3, -0.25) is 9.59 Å². The van der Waals surface area contributed by atoms with Gasteiger partial charge in [-0.05, 0) is 48.3 Å². The number of benzene rings is 1. The van der Waals surface area contributed by atoms with E-state index in [0.29, 0.717) is 16.5 Å². The molecule has 2 bridgehead atoms. The van der Waals surface area contributed by atoms with E-state index < -0.39 is 0 Å². The third-order valence-corrected chi connectivity index (χ3v) is 6.47. The summed E-state index contributed by atoms with van der Waals surface area (Å²) in [5.41, 5.74) is 0.680. The molecule has 0 aromatic heterocycles. The average molecular weight is 330 g/mol. The largest absolute Gasteiger partial charge is 0.495 e. The highest BCUT2D eigenvalue weighted by Gasteiger charge is 2.73. The lowest BCUT2D eigenvalue weighted by Crippen LogP contribution is -2.35. The van der Waals surface area contributed by atoms with Gasteiger partial charge in [0, 0.05) is 5.02 Å². The van der Waals surface area contributed by atoms with Crippen LogP contribution in [0.2, 0.25) is 5.02 Å².